The second-order valence-corrected chi connectivity index (χ2v) is 6.45. The van der Waals surface area contributed by atoms with Crippen LogP contribution in [0.4, 0.5) is 0 Å². The molecule has 1 rings (SSSR count). The predicted molar refractivity (Wildman–Crippen MR) is 89.3 cm³/mol. The fraction of sp³-hybridized carbons (Fsp3) is 0.500. The highest BCUT2D eigenvalue weighted by Crippen LogP contribution is 2.27. The van der Waals surface area contributed by atoms with Crippen molar-refractivity contribution >= 4 is 17.5 Å². The first kappa shape index (κ1) is 17.0. The molecule has 0 amide bonds. The van der Waals surface area contributed by atoms with E-state index in [-0.39, 0.29) is 5.25 Å². The number of benzene rings is 1. The number of ketones is 1. The maximum absolute atomic E-state index is 12.3. The molecule has 1 aromatic carbocycles. The predicted octanol–water partition coefficient (Wildman–Crippen LogP) is 5.65. The van der Waals surface area contributed by atoms with E-state index in [1.54, 1.807) is 11.8 Å². The van der Waals surface area contributed by atoms with Gasteiger partial charge in [-0.3, -0.25) is 4.79 Å². The lowest BCUT2D eigenvalue weighted by atomic mass is 10.1. The van der Waals surface area contributed by atoms with Gasteiger partial charge in [-0.05, 0) is 38.3 Å². The molecule has 0 radical (unpaired) electrons. The van der Waals surface area contributed by atoms with E-state index >= 15 is 0 Å². The number of rotatable bonds is 9. The van der Waals surface area contributed by atoms with Gasteiger partial charge in [0.15, 0.2) is 0 Å². The minimum Gasteiger partial charge on any atom is -0.298 e. The number of allylic oxidation sites excluding steroid dienone is 2. The summed E-state index contributed by atoms with van der Waals surface area (Å²) in [4.78, 5) is 13.5. The van der Waals surface area contributed by atoms with E-state index in [9.17, 15) is 4.79 Å². The van der Waals surface area contributed by atoms with Crippen LogP contribution in [0.15, 0.2) is 46.9 Å². The number of thioether (sulfide) groups is 1. The number of carbonyl (C=O) groups is 1. The van der Waals surface area contributed by atoms with Crippen molar-refractivity contribution in [3.8, 4) is 0 Å². The molecule has 0 aromatic heterocycles. The van der Waals surface area contributed by atoms with E-state index in [1.165, 1.54) is 16.9 Å². The van der Waals surface area contributed by atoms with Crippen LogP contribution >= 0.6 is 11.8 Å². The van der Waals surface area contributed by atoms with Crippen LogP contribution in [0.3, 0.4) is 0 Å². The molecule has 110 valence electrons. The smallest absolute Gasteiger partial charge is 0.146 e. The summed E-state index contributed by atoms with van der Waals surface area (Å²) in [7, 11) is 0. The lowest BCUT2D eigenvalue weighted by Crippen LogP contribution is -2.16. The summed E-state index contributed by atoms with van der Waals surface area (Å²) in [5.41, 5.74) is 1.40. The first-order valence-electron chi connectivity index (χ1n) is 7.57. The summed E-state index contributed by atoms with van der Waals surface area (Å²) < 4.78 is 0. The van der Waals surface area contributed by atoms with Crippen molar-refractivity contribution in [3.05, 3.63) is 42.0 Å². The van der Waals surface area contributed by atoms with Crippen molar-refractivity contribution in [3.63, 3.8) is 0 Å². The molecule has 1 unspecified atom stereocenters. The van der Waals surface area contributed by atoms with Crippen LogP contribution in [0, 0.1) is 0 Å². The van der Waals surface area contributed by atoms with Crippen molar-refractivity contribution in [2.24, 2.45) is 0 Å². The van der Waals surface area contributed by atoms with Gasteiger partial charge in [-0.25, -0.2) is 0 Å². The summed E-state index contributed by atoms with van der Waals surface area (Å²) >= 11 is 1.70. The second-order valence-electron chi connectivity index (χ2n) is 5.17. The van der Waals surface area contributed by atoms with E-state index in [4.69, 9.17) is 0 Å². The van der Waals surface area contributed by atoms with E-state index in [0.717, 1.165) is 19.3 Å². The molecule has 0 spiro atoms. The highest BCUT2D eigenvalue weighted by Gasteiger charge is 2.17. The molecular weight excluding hydrogens is 264 g/mol. The van der Waals surface area contributed by atoms with Crippen LogP contribution in [0.5, 0.6) is 0 Å². The molecule has 0 aliphatic heterocycles. The van der Waals surface area contributed by atoms with E-state index < -0.39 is 0 Å². The quantitative estimate of drug-likeness (QED) is 0.431. The fourth-order valence-electron chi connectivity index (χ4n) is 2.12. The van der Waals surface area contributed by atoms with Gasteiger partial charge in [0.2, 0.25) is 0 Å². The van der Waals surface area contributed by atoms with Gasteiger partial charge in [0.25, 0.3) is 0 Å². The lowest BCUT2D eigenvalue weighted by molar-refractivity contribution is -0.118. The molecule has 1 nitrogen and oxygen atoms in total. The van der Waals surface area contributed by atoms with Gasteiger partial charge < -0.3 is 0 Å². The van der Waals surface area contributed by atoms with Crippen molar-refractivity contribution in [2.75, 3.05) is 0 Å². The summed E-state index contributed by atoms with van der Waals surface area (Å²) in [6, 6.07) is 10.2. The van der Waals surface area contributed by atoms with Gasteiger partial charge >= 0.3 is 0 Å². The first-order valence-corrected chi connectivity index (χ1v) is 8.45. The van der Waals surface area contributed by atoms with Gasteiger partial charge in [0.05, 0.1) is 5.25 Å². The molecule has 0 aliphatic carbocycles. The molecule has 0 heterocycles. The second kappa shape index (κ2) is 9.82. The Morgan fingerprint density at radius 3 is 2.40 bits per heavy atom. The van der Waals surface area contributed by atoms with Crippen molar-refractivity contribution < 1.29 is 4.79 Å². The van der Waals surface area contributed by atoms with Gasteiger partial charge in [0, 0.05) is 11.3 Å². The molecule has 20 heavy (non-hydrogen) atoms. The Labute approximate surface area is 127 Å². The SMILES string of the molecule is CCCC(=O)C(CC=C(C)CCC)Sc1ccccc1. The van der Waals surface area contributed by atoms with Crippen LogP contribution in [-0.2, 0) is 4.79 Å². The van der Waals surface area contributed by atoms with Gasteiger partial charge in [-0.2, -0.15) is 0 Å². The summed E-state index contributed by atoms with van der Waals surface area (Å²) in [6.45, 7) is 6.42. The molecule has 0 saturated heterocycles. The van der Waals surface area contributed by atoms with Crippen LogP contribution < -0.4 is 0 Å². The van der Waals surface area contributed by atoms with Crippen molar-refractivity contribution in [1.29, 1.82) is 0 Å². The molecule has 1 aromatic rings. The maximum Gasteiger partial charge on any atom is 0.146 e. The number of hydrogen-bond donors (Lipinski definition) is 0. The van der Waals surface area contributed by atoms with E-state index in [0.29, 0.717) is 12.2 Å². The molecule has 0 saturated carbocycles. The minimum absolute atomic E-state index is 0.0594. The molecular formula is C18H26OS. The lowest BCUT2D eigenvalue weighted by Gasteiger charge is -2.14. The van der Waals surface area contributed by atoms with Gasteiger partial charge in [0.1, 0.15) is 5.78 Å². The summed E-state index contributed by atoms with van der Waals surface area (Å²) in [6.07, 6.45) is 7.02. The van der Waals surface area contributed by atoms with E-state index in [1.807, 2.05) is 18.2 Å². The average Bonchev–Trinajstić information content (AvgIpc) is 2.45. The van der Waals surface area contributed by atoms with Crippen LogP contribution in [0.2, 0.25) is 0 Å². The molecule has 0 aliphatic rings. The zero-order valence-corrected chi connectivity index (χ0v) is 13.7. The zero-order chi connectivity index (χ0) is 14.8. The third kappa shape index (κ3) is 6.42. The average molecular weight is 290 g/mol. The van der Waals surface area contributed by atoms with E-state index in [2.05, 4.69) is 39.0 Å². The standard InChI is InChI=1S/C18H26OS/c1-4-9-15(3)13-14-18(17(19)10-5-2)20-16-11-7-6-8-12-16/h6-8,11-13,18H,4-5,9-10,14H2,1-3H3. The van der Waals surface area contributed by atoms with Crippen molar-refractivity contribution in [1.82, 2.24) is 0 Å². The van der Waals surface area contributed by atoms with Gasteiger partial charge in [-0.1, -0.05) is 50.1 Å². The highest BCUT2D eigenvalue weighted by molar-refractivity contribution is 8.00. The van der Waals surface area contributed by atoms with Crippen LogP contribution in [-0.4, -0.2) is 11.0 Å². The largest absolute Gasteiger partial charge is 0.298 e. The number of hydrogen-bond acceptors (Lipinski definition) is 2. The molecule has 2 heteroatoms. The third-order valence-corrected chi connectivity index (χ3v) is 4.49. The van der Waals surface area contributed by atoms with Crippen LogP contribution in [0.25, 0.3) is 0 Å². The summed E-state index contributed by atoms with van der Waals surface area (Å²) in [5.74, 6) is 0.377. The minimum atomic E-state index is 0.0594. The Hall–Kier alpha value is -1.02. The maximum atomic E-state index is 12.3. The fourth-order valence-corrected chi connectivity index (χ4v) is 3.21. The zero-order valence-electron chi connectivity index (χ0n) is 12.9. The Bertz CT molecular complexity index is 422. The number of Topliss-reactive ketones (excluding diaryl/α,β-unsaturated/α-hetero) is 1. The normalized spacial score (nSPS) is 13.2. The first-order chi connectivity index (χ1) is 9.67. The Balaban J connectivity index is 2.70. The van der Waals surface area contributed by atoms with Crippen LogP contribution in [0.1, 0.15) is 52.9 Å². The van der Waals surface area contributed by atoms with Gasteiger partial charge in [-0.15, -0.1) is 11.8 Å². The molecule has 0 N–H and O–H groups in total. The Kier molecular flexibility index (Phi) is 8.36. The molecule has 1 atom stereocenters. The molecule has 0 fully saturated rings. The molecule has 0 bridgehead atoms. The van der Waals surface area contributed by atoms with Crippen molar-refractivity contribution in [2.45, 2.75) is 63.0 Å². The third-order valence-electron chi connectivity index (χ3n) is 3.20. The Morgan fingerprint density at radius 2 is 1.80 bits per heavy atom. The monoisotopic (exact) mass is 290 g/mol. The highest BCUT2D eigenvalue weighted by atomic mass is 32.2. The number of carbonyl (C=O) groups excluding carboxylic acids is 1. The Morgan fingerprint density at radius 1 is 1.15 bits per heavy atom. The summed E-state index contributed by atoms with van der Waals surface area (Å²) in [5, 5.41) is 0.0594. The topological polar surface area (TPSA) is 17.1 Å².